The molecule has 0 heterocycles. The van der Waals surface area contributed by atoms with Crippen LogP contribution in [0.15, 0.2) is 0 Å². The molecular formula is C23H47NO2P2S. The molecule has 2 fully saturated rings. The summed E-state index contributed by atoms with van der Waals surface area (Å²) in [5.41, 5.74) is 0.959. The SMILES string of the molecule is CCP(=O)(CCN(CCSC)CCP(=O)(CC)C1CCCCC1)C1CCCCC1. The van der Waals surface area contributed by atoms with Crippen molar-refractivity contribution in [1.29, 1.82) is 0 Å². The normalized spacial score (nSPS) is 23.7. The number of rotatable bonds is 13. The Kier molecular flexibility index (Phi) is 12.0. The molecule has 29 heavy (non-hydrogen) atoms. The lowest BCUT2D eigenvalue weighted by Crippen LogP contribution is -2.34. The molecule has 3 nitrogen and oxygen atoms in total. The topological polar surface area (TPSA) is 37.4 Å². The average molecular weight is 464 g/mol. The van der Waals surface area contributed by atoms with Gasteiger partial charge in [-0.25, -0.2) is 0 Å². The lowest BCUT2D eigenvalue weighted by molar-refractivity contribution is 0.323. The zero-order valence-corrected chi connectivity index (χ0v) is 22.1. The van der Waals surface area contributed by atoms with Crippen LogP contribution in [-0.4, -0.2) is 72.5 Å². The first-order chi connectivity index (χ1) is 14.0. The van der Waals surface area contributed by atoms with Crippen LogP contribution in [0.5, 0.6) is 0 Å². The Hall–Kier alpha value is 0.770. The molecule has 172 valence electrons. The van der Waals surface area contributed by atoms with Crippen molar-refractivity contribution >= 4 is 26.0 Å². The molecule has 2 aliphatic carbocycles. The van der Waals surface area contributed by atoms with Crippen LogP contribution in [0, 0.1) is 0 Å². The summed E-state index contributed by atoms with van der Waals surface area (Å²) in [6.07, 6.45) is 18.1. The van der Waals surface area contributed by atoms with Gasteiger partial charge in [0.15, 0.2) is 0 Å². The highest BCUT2D eigenvalue weighted by molar-refractivity contribution is 7.98. The highest BCUT2D eigenvalue weighted by atomic mass is 32.2. The van der Waals surface area contributed by atoms with Gasteiger partial charge in [-0.1, -0.05) is 52.4 Å². The summed E-state index contributed by atoms with van der Waals surface area (Å²) >= 11 is 1.88. The van der Waals surface area contributed by atoms with Gasteiger partial charge in [0.1, 0.15) is 0 Å². The largest absolute Gasteiger partial charge is 0.323 e. The van der Waals surface area contributed by atoms with Crippen LogP contribution in [0.25, 0.3) is 0 Å². The van der Waals surface area contributed by atoms with Gasteiger partial charge < -0.3 is 14.0 Å². The van der Waals surface area contributed by atoms with Crippen molar-refractivity contribution in [3.63, 3.8) is 0 Å². The smallest absolute Gasteiger partial charge is 0.0916 e. The van der Waals surface area contributed by atoms with Crippen molar-refractivity contribution in [2.24, 2.45) is 0 Å². The molecule has 0 bridgehead atoms. The molecule has 0 N–H and O–H groups in total. The predicted molar refractivity (Wildman–Crippen MR) is 135 cm³/mol. The summed E-state index contributed by atoms with van der Waals surface area (Å²) in [5, 5.41) is 0. The van der Waals surface area contributed by atoms with Gasteiger partial charge in [-0.05, 0) is 44.3 Å². The molecule has 0 aromatic rings. The summed E-state index contributed by atoms with van der Waals surface area (Å²) in [6, 6.07) is 0. The highest BCUT2D eigenvalue weighted by Gasteiger charge is 2.34. The van der Waals surface area contributed by atoms with Crippen LogP contribution in [0.4, 0.5) is 0 Å². The number of thioether (sulfide) groups is 1. The van der Waals surface area contributed by atoms with E-state index in [2.05, 4.69) is 25.0 Å². The van der Waals surface area contributed by atoms with E-state index >= 15 is 0 Å². The number of hydrogen-bond acceptors (Lipinski definition) is 4. The van der Waals surface area contributed by atoms with Crippen molar-refractivity contribution < 1.29 is 9.13 Å². The van der Waals surface area contributed by atoms with Gasteiger partial charge in [0.05, 0.1) is 14.3 Å². The molecule has 0 aromatic heterocycles. The quantitative estimate of drug-likeness (QED) is 0.273. The second kappa shape index (κ2) is 13.3. The first-order valence-electron chi connectivity index (χ1n) is 12.3. The van der Waals surface area contributed by atoms with Crippen LogP contribution in [0.3, 0.4) is 0 Å². The minimum atomic E-state index is -2.08. The van der Waals surface area contributed by atoms with E-state index in [-0.39, 0.29) is 0 Å². The molecule has 6 heteroatoms. The molecule has 2 aliphatic rings. The van der Waals surface area contributed by atoms with Crippen LogP contribution in [-0.2, 0) is 9.13 Å². The molecule has 2 saturated carbocycles. The summed E-state index contributed by atoms with van der Waals surface area (Å²) in [7, 11) is -4.15. The average Bonchev–Trinajstić information content (AvgIpc) is 2.79. The fraction of sp³-hybridized carbons (Fsp3) is 1.00. The molecular weight excluding hydrogens is 416 g/mol. The van der Waals surface area contributed by atoms with Gasteiger partial charge in [-0.2, -0.15) is 11.8 Å². The van der Waals surface area contributed by atoms with E-state index in [1.807, 2.05) is 11.8 Å². The monoisotopic (exact) mass is 463 g/mol. The van der Waals surface area contributed by atoms with Crippen molar-refractivity contribution in [3.8, 4) is 0 Å². The van der Waals surface area contributed by atoms with Crippen molar-refractivity contribution in [3.05, 3.63) is 0 Å². The molecule has 0 spiro atoms. The molecule has 0 aromatic carbocycles. The fourth-order valence-electron chi connectivity index (χ4n) is 5.48. The van der Waals surface area contributed by atoms with Gasteiger partial charge in [0.25, 0.3) is 0 Å². The first-order valence-corrected chi connectivity index (χ1v) is 18.0. The Morgan fingerprint density at radius 1 is 0.724 bits per heavy atom. The van der Waals surface area contributed by atoms with E-state index in [0.29, 0.717) is 11.3 Å². The van der Waals surface area contributed by atoms with Crippen molar-refractivity contribution in [1.82, 2.24) is 4.90 Å². The van der Waals surface area contributed by atoms with Crippen LogP contribution in [0.2, 0.25) is 0 Å². The Labute approximate surface area is 185 Å². The molecule has 0 radical (unpaired) electrons. The van der Waals surface area contributed by atoms with Crippen LogP contribution >= 0.6 is 26.0 Å². The molecule has 2 atom stereocenters. The van der Waals surface area contributed by atoms with Crippen LogP contribution in [0.1, 0.15) is 78.1 Å². The summed E-state index contributed by atoms with van der Waals surface area (Å²) < 4.78 is 27.5. The van der Waals surface area contributed by atoms with Crippen LogP contribution < -0.4 is 0 Å². The van der Waals surface area contributed by atoms with Crippen molar-refractivity contribution in [2.45, 2.75) is 89.4 Å². The van der Waals surface area contributed by atoms with Gasteiger partial charge in [-0.3, -0.25) is 0 Å². The maximum atomic E-state index is 13.7. The Balaban J connectivity index is 1.94. The third-order valence-electron chi connectivity index (χ3n) is 7.75. The van der Waals surface area contributed by atoms with E-state index in [1.165, 1.54) is 64.2 Å². The summed E-state index contributed by atoms with van der Waals surface area (Å²) in [5.74, 6) is 1.11. The van der Waals surface area contributed by atoms with Gasteiger partial charge in [0, 0.05) is 49.0 Å². The molecule has 2 rings (SSSR count). The van der Waals surface area contributed by atoms with Crippen molar-refractivity contribution in [2.75, 3.05) is 56.3 Å². The van der Waals surface area contributed by atoms with E-state index in [4.69, 9.17) is 0 Å². The van der Waals surface area contributed by atoms with E-state index in [9.17, 15) is 9.13 Å². The predicted octanol–water partition coefficient (Wildman–Crippen LogP) is 7.08. The molecule has 0 aliphatic heterocycles. The van der Waals surface area contributed by atoms with Gasteiger partial charge in [-0.15, -0.1) is 0 Å². The minimum absolute atomic E-state index is 0.479. The van der Waals surface area contributed by atoms with Gasteiger partial charge >= 0.3 is 0 Å². The zero-order chi connectivity index (χ0) is 21.2. The minimum Gasteiger partial charge on any atom is -0.323 e. The van der Waals surface area contributed by atoms with Gasteiger partial charge in [0.2, 0.25) is 0 Å². The lowest BCUT2D eigenvalue weighted by atomic mass is 10.0. The lowest BCUT2D eigenvalue weighted by Gasteiger charge is -2.34. The molecule has 0 saturated heterocycles. The standard InChI is InChI=1S/C23H47NO2P2S/c1-4-27(25,22-12-8-6-9-13-22)19-16-24(18-21-29-3)17-20-28(26,5-2)23-14-10-7-11-15-23/h22-23H,4-21H2,1-3H3. The molecule has 0 amide bonds. The molecule has 2 unspecified atom stereocenters. The maximum absolute atomic E-state index is 13.7. The first kappa shape index (κ1) is 26.0. The van der Waals surface area contributed by atoms with E-state index < -0.39 is 14.3 Å². The zero-order valence-electron chi connectivity index (χ0n) is 19.4. The van der Waals surface area contributed by atoms with E-state index in [1.54, 1.807) is 0 Å². The third-order valence-corrected chi connectivity index (χ3v) is 16.1. The highest BCUT2D eigenvalue weighted by Crippen LogP contribution is 2.56. The summed E-state index contributed by atoms with van der Waals surface area (Å²) in [6.45, 7) is 7.23. The Morgan fingerprint density at radius 3 is 1.48 bits per heavy atom. The fourth-order valence-corrected chi connectivity index (χ4v) is 12.2. The third kappa shape index (κ3) is 8.00. The maximum Gasteiger partial charge on any atom is 0.0916 e. The second-order valence-corrected chi connectivity index (χ2v) is 17.8. The Bertz CT molecular complexity index is 501. The second-order valence-electron chi connectivity index (χ2n) is 9.40. The van der Waals surface area contributed by atoms with E-state index in [0.717, 1.165) is 50.0 Å². The number of hydrogen-bond donors (Lipinski definition) is 0. The number of nitrogens with zero attached hydrogens (tertiary/aromatic N) is 1. The summed E-state index contributed by atoms with van der Waals surface area (Å²) in [4.78, 5) is 2.51. The Morgan fingerprint density at radius 2 is 1.14 bits per heavy atom.